The van der Waals surface area contributed by atoms with Crippen molar-refractivity contribution in [2.45, 2.75) is 26.3 Å². The number of carbonyl (C=O) groups excluding carboxylic acids is 1. The molecule has 1 N–H and O–H groups in total. The summed E-state index contributed by atoms with van der Waals surface area (Å²) in [6.07, 6.45) is -4.01. The standard InChI is InChI=1S/C14H14F3N3O2/c1-10-12(7-20(19-10)9-14(15,16)17)18-13(21)22-8-11-5-3-2-4-6-11/h2-7H,8-9H2,1H3,(H,18,21). The molecule has 22 heavy (non-hydrogen) atoms. The number of halogens is 3. The van der Waals surface area contributed by atoms with Crippen LogP contribution in [0.5, 0.6) is 0 Å². The summed E-state index contributed by atoms with van der Waals surface area (Å²) in [7, 11) is 0. The lowest BCUT2D eigenvalue weighted by Gasteiger charge is -2.06. The van der Waals surface area contributed by atoms with Crippen LogP contribution in [0.25, 0.3) is 0 Å². The predicted octanol–water partition coefficient (Wildman–Crippen LogP) is 3.50. The van der Waals surface area contributed by atoms with Crippen molar-refractivity contribution in [3.63, 3.8) is 0 Å². The molecule has 1 heterocycles. The van der Waals surface area contributed by atoms with E-state index in [1.54, 1.807) is 12.1 Å². The van der Waals surface area contributed by atoms with Crippen LogP contribution >= 0.6 is 0 Å². The van der Waals surface area contributed by atoms with E-state index in [0.717, 1.165) is 16.4 Å². The molecule has 1 aromatic heterocycles. The first-order valence-electron chi connectivity index (χ1n) is 6.42. The maximum absolute atomic E-state index is 12.3. The van der Waals surface area contributed by atoms with Crippen molar-refractivity contribution in [3.05, 3.63) is 47.8 Å². The summed E-state index contributed by atoms with van der Waals surface area (Å²) in [6.45, 7) is 0.358. The van der Waals surface area contributed by atoms with E-state index in [1.807, 2.05) is 18.2 Å². The Morgan fingerprint density at radius 3 is 2.64 bits per heavy atom. The van der Waals surface area contributed by atoms with E-state index in [1.165, 1.54) is 6.92 Å². The lowest BCUT2D eigenvalue weighted by Crippen LogP contribution is -2.18. The molecule has 5 nitrogen and oxygen atoms in total. The molecule has 0 bridgehead atoms. The zero-order valence-electron chi connectivity index (χ0n) is 11.7. The van der Waals surface area contributed by atoms with Gasteiger partial charge < -0.3 is 4.74 Å². The molecular formula is C14H14F3N3O2. The lowest BCUT2D eigenvalue weighted by molar-refractivity contribution is -0.142. The highest BCUT2D eigenvalue weighted by molar-refractivity contribution is 5.85. The number of aryl methyl sites for hydroxylation is 1. The van der Waals surface area contributed by atoms with Crippen molar-refractivity contribution >= 4 is 11.8 Å². The van der Waals surface area contributed by atoms with Gasteiger partial charge in [0.15, 0.2) is 0 Å². The van der Waals surface area contributed by atoms with Crippen LogP contribution in [0.3, 0.4) is 0 Å². The molecule has 1 aromatic carbocycles. The molecule has 2 rings (SSSR count). The van der Waals surface area contributed by atoms with E-state index >= 15 is 0 Å². The molecular weight excluding hydrogens is 299 g/mol. The molecule has 0 saturated carbocycles. The first-order valence-corrected chi connectivity index (χ1v) is 6.42. The van der Waals surface area contributed by atoms with Gasteiger partial charge in [-0.2, -0.15) is 18.3 Å². The number of rotatable bonds is 4. The van der Waals surface area contributed by atoms with E-state index < -0.39 is 18.8 Å². The van der Waals surface area contributed by atoms with E-state index in [4.69, 9.17) is 4.74 Å². The number of carbonyl (C=O) groups is 1. The summed E-state index contributed by atoms with van der Waals surface area (Å²) in [5.41, 5.74) is 1.27. The average Bonchev–Trinajstić information content (AvgIpc) is 2.75. The van der Waals surface area contributed by atoms with Crippen LogP contribution in [0.1, 0.15) is 11.3 Å². The van der Waals surface area contributed by atoms with Gasteiger partial charge in [0.2, 0.25) is 0 Å². The molecule has 118 valence electrons. The monoisotopic (exact) mass is 313 g/mol. The van der Waals surface area contributed by atoms with Crippen LogP contribution in [0, 0.1) is 6.92 Å². The fourth-order valence-corrected chi connectivity index (χ4v) is 1.77. The van der Waals surface area contributed by atoms with E-state index in [9.17, 15) is 18.0 Å². The molecule has 0 aliphatic carbocycles. The fraction of sp³-hybridized carbons (Fsp3) is 0.286. The second kappa shape index (κ2) is 6.50. The number of alkyl halides is 3. The van der Waals surface area contributed by atoms with Gasteiger partial charge in [-0.05, 0) is 12.5 Å². The highest BCUT2D eigenvalue weighted by Gasteiger charge is 2.28. The number of hydrogen-bond donors (Lipinski definition) is 1. The van der Waals surface area contributed by atoms with Crippen LogP contribution in [0.2, 0.25) is 0 Å². The number of benzene rings is 1. The maximum atomic E-state index is 12.3. The van der Waals surface area contributed by atoms with E-state index in [2.05, 4.69) is 10.4 Å². The van der Waals surface area contributed by atoms with Crippen molar-refractivity contribution in [1.82, 2.24) is 9.78 Å². The summed E-state index contributed by atoms with van der Waals surface area (Å²) in [5.74, 6) is 0. The highest BCUT2D eigenvalue weighted by Crippen LogP contribution is 2.20. The summed E-state index contributed by atoms with van der Waals surface area (Å²) < 4.78 is 42.6. The predicted molar refractivity (Wildman–Crippen MR) is 73.3 cm³/mol. The van der Waals surface area contributed by atoms with Crippen molar-refractivity contribution in [3.8, 4) is 0 Å². The van der Waals surface area contributed by atoms with Gasteiger partial charge in [0.1, 0.15) is 13.2 Å². The number of ether oxygens (including phenoxy) is 1. The minimum atomic E-state index is -4.37. The second-order valence-electron chi connectivity index (χ2n) is 4.63. The van der Waals surface area contributed by atoms with Crippen LogP contribution in [-0.2, 0) is 17.9 Å². The molecule has 0 fully saturated rings. The Kier molecular flexibility index (Phi) is 4.69. The summed E-state index contributed by atoms with van der Waals surface area (Å²) >= 11 is 0. The zero-order chi connectivity index (χ0) is 16.2. The minimum Gasteiger partial charge on any atom is -0.444 e. The van der Waals surface area contributed by atoms with Gasteiger partial charge in [-0.3, -0.25) is 10.00 Å². The van der Waals surface area contributed by atoms with E-state index in [-0.39, 0.29) is 18.0 Å². The van der Waals surface area contributed by atoms with Crippen LogP contribution in [0.15, 0.2) is 36.5 Å². The number of nitrogens with one attached hydrogen (secondary N) is 1. The van der Waals surface area contributed by atoms with Gasteiger partial charge in [-0.15, -0.1) is 0 Å². The third kappa shape index (κ3) is 4.80. The number of amides is 1. The smallest absolute Gasteiger partial charge is 0.412 e. The van der Waals surface area contributed by atoms with Gasteiger partial charge in [0.25, 0.3) is 0 Å². The van der Waals surface area contributed by atoms with Crippen molar-refractivity contribution < 1.29 is 22.7 Å². The first-order chi connectivity index (χ1) is 10.3. The third-order valence-corrected chi connectivity index (χ3v) is 2.74. The van der Waals surface area contributed by atoms with Crippen molar-refractivity contribution in [1.29, 1.82) is 0 Å². The fourth-order valence-electron chi connectivity index (χ4n) is 1.77. The van der Waals surface area contributed by atoms with Crippen LogP contribution in [-0.4, -0.2) is 22.1 Å². The Morgan fingerprint density at radius 2 is 2.00 bits per heavy atom. The van der Waals surface area contributed by atoms with Gasteiger partial charge in [-0.1, -0.05) is 30.3 Å². The lowest BCUT2D eigenvalue weighted by atomic mass is 10.2. The SMILES string of the molecule is Cc1nn(CC(F)(F)F)cc1NC(=O)OCc1ccccc1. The molecule has 0 atom stereocenters. The number of nitrogens with zero attached hydrogens (tertiary/aromatic N) is 2. The zero-order valence-corrected chi connectivity index (χ0v) is 11.7. The van der Waals surface area contributed by atoms with Crippen molar-refractivity contribution in [2.24, 2.45) is 0 Å². The number of aromatic nitrogens is 2. The third-order valence-electron chi connectivity index (χ3n) is 2.74. The number of anilines is 1. The van der Waals surface area contributed by atoms with Crippen LogP contribution in [0.4, 0.5) is 23.7 Å². The summed E-state index contributed by atoms with van der Waals surface area (Å²) in [5, 5.41) is 6.07. The molecule has 1 amide bonds. The molecule has 2 aromatic rings. The Labute approximate surface area is 124 Å². The van der Waals surface area contributed by atoms with E-state index in [0.29, 0.717) is 0 Å². The Morgan fingerprint density at radius 1 is 1.32 bits per heavy atom. The molecule has 0 aliphatic heterocycles. The quantitative estimate of drug-likeness (QED) is 0.940. The number of hydrogen-bond acceptors (Lipinski definition) is 3. The van der Waals surface area contributed by atoms with Crippen molar-refractivity contribution in [2.75, 3.05) is 5.32 Å². The molecule has 0 radical (unpaired) electrons. The largest absolute Gasteiger partial charge is 0.444 e. The molecule has 8 heteroatoms. The Balaban J connectivity index is 1.91. The Bertz CT molecular complexity index is 639. The summed E-state index contributed by atoms with van der Waals surface area (Å²) in [6, 6.07) is 9.03. The first kappa shape index (κ1) is 15.9. The Hall–Kier alpha value is -2.51. The minimum absolute atomic E-state index is 0.0718. The molecule has 0 saturated heterocycles. The van der Waals surface area contributed by atoms with Gasteiger partial charge in [0, 0.05) is 6.20 Å². The topological polar surface area (TPSA) is 56.2 Å². The normalized spacial score (nSPS) is 11.3. The maximum Gasteiger partial charge on any atom is 0.412 e. The molecule has 0 aliphatic rings. The average molecular weight is 313 g/mol. The highest BCUT2D eigenvalue weighted by atomic mass is 19.4. The van der Waals surface area contributed by atoms with Gasteiger partial charge in [0.05, 0.1) is 11.4 Å². The van der Waals surface area contributed by atoms with Crippen LogP contribution < -0.4 is 5.32 Å². The summed E-state index contributed by atoms with van der Waals surface area (Å²) in [4.78, 5) is 11.6. The van der Waals surface area contributed by atoms with Gasteiger partial charge >= 0.3 is 12.3 Å². The molecule has 0 unspecified atom stereocenters. The molecule has 0 spiro atoms. The van der Waals surface area contributed by atoms with Gasteiger partial charge in [-0.25, -0.2) is 4.79 Å². The second-order valence-corrected chi connectivity index (χ2v) is 4.63.